The molecule has 0 saturated carbocycles. The molecule has 32 heavy (non-hydrogen) atoms. The molecule has 0 aliphatic carbocycles. The van der Waals surface area contributed by atoms with Gasteiger partial charge in [0.05, 0.1) is 6.61 Å². The minimum Gasteiger partial charge on any atom is -0.726 e. The summed E-state index contributed by atoms with van der Waals surface area (Å²) in [6, 6.07) is 4.49. The first kappa shape index (κ1) is 26.7. The van der Waals surface area contributed by atoms with Gasteiger partial charge in [0.2, 0.25) is 22.6 Å². The van der Waals surface area contributed by atoms with Gasteiger partial charge in [0.15, 0.2) is 0 Å². The maximum Gasteiger partial charge on any atom is 1.00 e. The fraction of sp³-hybridized carbons (Fsp3) is 0.444. The summed E-state index contributed by atoms with van der Waals surface area (Å²) < 4.78 is 53.6. The number of aliphatic hydroxyl groups is 2. The molecule has 0 radical (unpaired) electrons. The van der Waals surface area contributed by atoms with Gasteiger partial charge in [0.25, 0.3) is 0 Å². The molecule has 2 aromatic rings. The van der Waals surface area contributed by atoms with E-state index in [0.717, 1.165) is 6.92 Å². The first-order valence-corrected chi connectivity index (χ1v) is 10.4. The van der Waals surface area contributed by atoms with Gasteiger partial charge >= 0.3 is 35.2 Å². The Kier molecular flexibility index (Phi) is 8.83. The van der Waals surface area contributed by atoms with E-state index in [0.29, 0.717) is 10.9 Å². The predicted octanol–water partition coefficient (Wildman–Crippen LogP) is -4.09. The third-order valence-corrected chi connectivity index (χ3v) is 5.08. The quantitative estimate of drug-likeness (QED) is 0.158. The van der Waals surface area contributed by atoms with E-state index in [4.69, 9.17) is 13.9 Å². The molecule has 0 bridgehead atoms. The summed E-state index contributed by atoms with van der Waals surface area (Å²) in [6.45, 7) is 2.04. The number of rotatable bonds is 6. The fourth-order valence-electron chi connectivity index (χ4n) is 3.32. The van der Waals surface area contributed by atoms with Gasteiger partial charge in [-0.05, 0) is 24.6 Å². The van der Waals surface area contributed by atoms with Crippen LogP contribution in [0, 0.1) is 6.92 Å². The second-order valence-electron chi connectivity index (χ2n) is 6.94. The van der Waals surface area contributed by atoms with E-state index in [-0.39, 0.29) is 40.9 Å². The van der Waals surface area contributed by atoms with Gasteiger partial charge in [0.1, 0.15) is 35.7 Å². The number of carbonyl (C=O) groups excluding carboxylic acids is 1. The summed E-state index contributed by atoms with van der Waals surface area (Å²) >= 11 is 0. The number of ether oxygens (including phenoxy) is 2. The molecule has 1 aromatic heterocycles. The van der Waals surface area contributed by atoms with Crippen LogP contribution in [0.4, 0.5) is 0 Å². The molecule has 1 fully saturated rings. The summed E-state index contributed by atoms with van der Waals surface area (Å²) in [6.07, 6.45) is -6.46. The molecule has 1 amide bonds. The SMILES string of the molecule is CC(=O)NC1C(O)[C@@H](OS(=O)(=O)[O-])C(CO)O[C@H]1Oc1ccc2c(C)cc(=O)oc2c1.[Na+]. The number of fused-ring (bicyclic) bond motifs is 1. The van der Waals surface area contributed by atoms with Gasteiger partial charge < -0.3 is 34.0 Å². The zero-order valence-corrected chi connectivity index (χ0v) is 20.2. The molecule has 3 rings (SSSR count). The normalized spacial score (nSPS) is 25.7. The van der Waals surface area contributed by atoms with E-state index < -0.39 is 59.2 Å². The Morgan fingerprint density at radius 1 is 1.31 bits per heavy atom. The van der Waals surface area contributed by atoms with Crippen molar-refractivity contribution in [2.75, 3.05) is 6.61 Å². The van der Waals surface area contributed by atoms with E-state index in [1.54, 1.807) is 13.0 Å². The number of nitrogens with one attached hydrogen (secondary N) is 1. The Balaban J connectivity index is 0.00000363. The Morgan fingerprint density at radius 3 is 2.59 bits per heavy atom. The maximum absolute atomic E-state index is 11.6. The third-order valence-electron chi connectivity index (χ3n) is 4.63. The number of hydrogen-bond acceptors (Lipinski definition) is 11. The van der Waals surface area contributed by atoms with E-state index in [1.165, 1.54) is 18.2 Å². The summed E-state index contributed by atoms with van der Waals surface area (Å²) in [5.41, 5.74) is 0.325. The average molecular weight is 481 g/mol. The zero-order chi connectivity index (χ0) is 22.9. The number of hydrogen-bond donors (Lipinski definition) is 3. The van der Waals surface area contributed by atoms with Gasteiger partial charge in [-0.15, -0.1) is 0 Å². The molecular weight excluding hydrogens is 461 g/mol. The van der Waals surface area contributed by atoms with Gasteiger partial charge in [-0.2, -0.15) is 0 Å². The second kappa shape index (κ2) is 10.6. The second-order valence-corrected chi connectivity index (χ2v) is 7.94. The monoisotopic (exact) mass is 481 g/mol. The first-order chi connectivity index (χ1) is 14.5. The number of aryl methyl sites for hydroxylation is 1. The van der Waals surface area contributed by atoms with Crippen molar-refractivity contribution < 1.29 is 75.6 Å². The largest absolute Gasteiger partial charge is 1.00 e. The van der Waals surface area contributed by atoms with Gasteiger partial charge in [0, 0.05) is 24.4 Å². The molecule has 1 saturated heterocycles. The smallest absolute Gasteiger partial charge is 0.726 e. The maximum atomic E-state index is 11.6. The van der Waals surface area contributed by atoms with Crippen LogP contribution in [0.25, 0.3) is 11.0 Å². The Morgan fingerprint density at radius 2 is 2.00 bits per heavy atom. The summed E-state index contributed by atoms with van der Waals surface area (Å²) in [5, 5.41) is 23.1. The van der Waals surface area contributed by atoms with Crippen LogP contribution in [0.15, 0.2) is 33.5 Å². The minimum atomic E-state index is -5.26. The first-order valence-electron chi connectivity index (χ1n) is 9.05. The fourth-order valence-corrected chi connectivity index (χ4v) is 3.83. The van der Waals surface area contributed by atoms with Crippen LogP contribution < -0.4 is 45.2 Å². The van der Waals surface area contributed by atoms with Crippen molar-refractivity contribution in [3.8, 4) is 5.75 Å². The van der Waals surface area contributed by atoms with Gasteiger partial charge in [-0.3, -0.25) is 8.98 Å². The van der Waals surface area contributed by atoms with Gasteiger partial charge in [-0.25, -0.2) is 13.2 Å². The Hall–Kier alpha value is -1.55. The zero-order valence-electron chi connectivity index (χ0n) is 17.4. The predicted molar refractivity (Wildman–Crippen MR) is 102 cm³/mol. The third kappa shape index (κ3) is 6.27. The molecule has 2 heterocycles. The summed E-state index contributed by atoms with van der Waals surface area (Å²) in [4.78, 5) is 23.2. The summed E-state index contributed by atoms with van der Waals surface area (Å²) in [5.74, 6) is -0.492. The van der Waals surface area contributed by atoms with Crippen molar-refractivity contribution in [3.63, 3.8) is 0 Å². The molecule has 12 nitrogen and oxygen atoms in total. The molecule has 0 spiro atoms. The summed E-state index contributed by atoms with van der Waals surface area (Å²) in [7, 11) is -5.26. The number of benzene rings is 1. The van der Waals surface area contributed by atoms with Crippen molar-refractivity contribution in [1.29, 1.82) is 0 Å². The van der Waals surface area contributed by atoms with Crippen LogP contribution in [0.3, 0.4) is 0 Å². The van der Waals surface area contributed by atoms with Crippen LogP contribution in [0.1, 0.15) is 12.5 Å². The molecule has 3 N–H and O–H groups in total. The number of amides is 1. The van der Waals surface area contributed by atoms with Crippen molar-refractivity contribution in [1.82, 2.24) is 5.32 Å². The van der Waals surface area contributed by atoms with Crippen molar-refractivity contribution in [2.45, 2.75) is 44.5 Å². The van der Waals surface area contributed by atoms with Gasteiger partial charge in [-0.1, -0.05) is 0 Å². The van der Waals surface area contributed by atoms with Crippen molar-refractivity contribution in [2.24, 2.45) is 0 Å². The van der Waals surface area contributed by atoms with Crippen LogP contribution >= 0.6 is 0 Å². The van der Waals surface area contributed by atoms with Crippen LogP contribution in [0.2, 0.25) is 0 Å². The minimum absolute atomic E-state index is 0. The Bertz CT molecular complexity index is 1140. The molecule has 1 aromatic carbocycles. The van der Waals surface area contributed by atoms with E-state index in [1.807, 2.05) is 0 Å². The molecule has 14 heteroatoms. The van der Waals surface area contributed by atoms with E-state index in [2.05, 4.69) is 9.50 Å². The topological polar surface area (TPSA) is 185 Å². The van der Waals surface area contributed by atoms with Crippen molar-refractivity contribution in [3.05, 3.63) is 40.2 Å². The number of carbonyl (C=O) groups is 1. The van der Waals surface area contributed by atoms with Crippen molar-refractivity contribution >= 4 is 27.3 Å². The molecule has 1 aliphatic heterocycles. The number of aliphatic hydroxyl groups excluding tert-OH is 2. The molecule has 3 unspecified atom stereocenters. The molecule has 170 valence electrons. The van der Waals surface area contributed by atoms with Crippen LogP contribution in [-0.2, 0) is 24.1 Å². The average Bonchev–Trinajstić information content (AvgIpc) is 2.65. The molecule has 5 atom stereocenters. The van der Waals surface area contributed by atoms with Crippen LogP contribution in [0.5, 0.6) is 5.75 Å². The standard InChI is InChI=1S/C18H21NO11S.Na/c1-8-5-14(22)28-12-6-10(3-4-11(8)12)27-18-15(19-9(2)21)16(23)17(13(7-20)29-18)30-31(24,25)26;/h3-6,13,15-18,20,23H,7H2,1-2H3,(H,19,21)(H,24,25,26);/q;+1/p-1/t13?,15?,16?,17-,18+;/m0./s1. The Labute approximate surface area is 204 Å². The molecular formula is C18H20NNaO11S. The molecule has 1 aliphatic rings. The van der Waals surface area contributed by atoms with E-state index >= 15 is 0 Å². The van der Waals surface area contributed by atoms with E-state index in [9.17, 15) is 32.8 Å². The van der Waals surface area contributed by atoms with Crippen LogP contribution in [-0.4, -0.2) is 66.3 Å².